The number of nitrogens with zero attached hydrogens (tertiary/aromatic N) is 5. The van der Waals surface area contributed by atoms with E-state index in [2.05, 4.69) is 38.0 Å². The molecule has 152 valence electrons. The van der Waals surface area contributed by atoms with Gasteiger partial charge in [-0.3, -0.25) is 0 Å². The molecule has 1 aliphatic rings. The third kappa shape index (κ3) is 4.31. The quantitative estimate of drug-likeness (QED) is 0.513. The first kappa shape index (κ1) is 19.2. The molecule has 7 nitrogen and oxygen atoms in total. The van der Waals surface area contributed by atoms with E-state index < -0.39 is 0 Å². The molecule has 1 unspecified atom stereocenters. The highest BCUT2D eigenvalue weighted by molar-refractivity contribution is 5.80. The van der Waals surface area contributed by atoms with Gasteiger partial charge in [-0.1, -0.05) is 6.07 Å². The number of rotatable bonds is 5. The van der Waals surface area contributed by atoms with E-state index in [0.29, 0.717) is 18.9 Å². The van der Waals surface area contributed by atoms with Gasteiger partial charge in [-0.05, 0) is 44.5 Å². The number of imidazole rings is 1. The number of nitrogens with one attached hydrogen (secondary N) is 2. The minimum absolute atomic E-state index is 0.178. The predicted octanol–water partition coefficient (Wildman–Crippen LogP) is 2.51. The second kappa shape index (κ2) is 8.46. The van der Waals surface area contributed by atoms with Crippen molar-refractivity contribution in [2.24, 2.45) is 4.99 Å². The highest BCUT2D eigenvalue weighted by Crippen LogP contribution is 2.20. The van der Waals surface area contributed by atoms with E-state index in [9.17, 15) is 4.39 Å². The fourth-order valence-electron chi connectivity index (χ4n) is 3.63. The minimum Gasteiger partial charge on any atom is -0.357 e. The van der Waals surface area contributed by atoms with Crippen LogP contribution in [0.4, 0.5) is 10.2 Å². The van der Waals surface area contributed by atoms with E-state index in [-0.39, 0.29) is 11.9 Å². The molecule has 2 N–H and O–H groups in total. The van der Waals surface area contributed by atoms with Crippen molar-refractivity contribution in [2.45, 2.75) is 32.9 Å². The van der Waals surface area contributed by atoms with Crippen LogP contribution in [-0.4, -0.2) is 46.0 Å². The molecule has 0 saturated carbocycles. The molecule has 0 bridgehead atoms. The fraction of sp³-hybridized carbons (Fsp3) is 0.381. The topological polar surface area (TPSA) is 69.8 Å². The Bertz CT molecular complexity index is 1010. The van der Waals surface area contributed by atoms with Crippen molar-refractivity contribution < 1.29 is 4.39 Å². The van der Waals surface area contributed by atoms with E-state index in [4.69, 9.17) is 4.99 Å². The summed E-state index contributed by atoms with van der Waals surface area (Å²) in [6, 6.07) is 9.30. The number of hydrogen-bond donors (Lipinski definition) is 2. The number of aryl methyl sites for hydroxylation is 1. The third-order valence-electron chi connectivity index (χ3n) is 5.06. The average Bonchev–Trinajstić information content (AvgIpc) is 3.34. The van der Waals surface area contributed by atoms with Gasteiger partial charge in [-0.2, -0.15) is 0 Å². The maximum atomic E-state index is 14.0. The van der Waals surface area contributed by atoms with Crippen LogP contribution >= 0.6 is 0 Å². The largest absolute Gasteiger partial charge is 0.357 e. The Labute approximate surface area is 169 Å². The Kier molecular flexibility index (Phi) is 5.59. The summed E-state index contributed by atoms with van der Waals surface area (Å²) in [7, 11) is 0. The van der Waals surface area contributed by atoms with E-state index in [1.54, 1.807) is 12.3 Å². The Balaban J connectivity index is 1.42. The summed E-state index contributed by atoms with van der Waals surface area (Å²) < 4.78 is 16.1. The third-order valence-corrected chi connectivity index (χ3v) is 5.06. The number of guanidine groups is 1. The zero-order valence-electron chi connectivity index (χ0n) is 16.8. The standard InChI is InChI=1S/C21H26FN7/c1-3-23-21(25-12-17-14-29-15(2)6-4-8-19(29)26-17)27-16-9-11-28(13-16)20-18(22)7-5-10-24-20/h4-8,10,14,16H,3,9,11-13H2,1-2H3,(H2,23,25,27). The maximum Gasteiger partial charge on any atom is 0.191 e. The molecule has 0 amide bonds. The van der Waals surface area contributed by atoms with Gasteiger partial charge in [-0.15, -0.1) is 0 Å². The fourth-order valence-corrected chi connectivity index (χ4v) is 3.63. The monoisotopic (exact) mass is 395 g/mol. The van der Waals surface area contributed by atoms with Gasteiger partial charge >= 0.3 is 0 Å². The van der Waals surface area contributed by atoms with Crippen molar-refractivity contribution in [2.75, 3.05) is 24.5 Å². The van der Waals surface area contributed by atoms with Gasteiger partial charge in [0.05, 0.1) is 12.2 Å². The van der Waals surface area contributed by atoms with Crippen molar-refractivity contribution in [3.63, 3.8) is 0 Å². The number of fused-ring (bicyclic) bond motifs is 1. The van der Waals surface area contributed by atoms with Crippen LogP contribution < -0.4 is 15.5 Å². The predicted molar refractivity (Wildman–Crippen MR) is 113 cm³/mol. The summed E-state index contributed by atoms with van der Waals surface area (Å²) in [5, 5.41) is 6.75. The number of pyridine rings is 2. The van der Waals surface area contributed by atoms with Gasteiger partial charge in [0.1, 0.15) is 5.65 Å². The lowest BCUT2D eigenvalue weighted by molar-refractivity contribution is 0.612. The summed E-state index contributed by atoms with van der Waals surface area (Å²) in [6.07, 6.45) is 4.55. The maximum absolute atomic E-state index is 14.0. The molecule has 4 heterocycles. The molecular weight excluding hydrogens is 369 g/mol. The van der Waals surface area contributed by atoms with Crippen LogP contribution in [0.1, 0.15) is 24.7 Å². The first-order chi connectivity index (χ1) is 14.1. The van der Waals surface area contributed by atoms with Crippen LogP contribution in [0.25, 0.3) is 5.65 Å². The Morgan fingerprint density at radius 3 is 3.00 bits per heavy atom. The normalized spacial score (nSPS) is 17.1. The van der Waals surface area contributed by atoms with Crippen molar-refractivity contribution in [1.82, 2.24) is 25.0 Å². The van der Waals surface area contributed by atoms with Gasteiger partial charge in [0.25, 0.3) is 0 Å². The molecule has 0 aliphatic carbocycles. The number of hydrogen-bond acceptors (Lipinski definition) is 4. The Morgan fingerprint density at radius 1 is 1.31 bits per heavy atom. The molecule has 0 aromatic carbocycles. The van der Waals surface area contributed by atoms with Gasteiger partial charge in [0, 0.05) is 43.8 Å². The van der Waals surface area contributed by atoms with E-state index >= 15 is 0 Å². The highest BCUT2D eigenvalue weighted by Gasteiger charge is 2.25. The van der Waals surface area contributed by atoms with Gasteiger partial charge in [-0.25, -0.2) is 19.4 Å². The van der Waals surface area contributed by atoms with E-state index in [1.807, 2.05) is 30.2 Å². The molecule has 0 spiro atoms. The summed E-state index contributed by atoms with van der Waals surface area (Å²) in [5.74, 6) is 0.879. The molecule has 3 aromatic rings. The summed E-state index contributed by atoms with van der Waals surface area (Å²) >= 11 is 0. The smallest absolute Gasteiger partial charge is 0.191 e. The second-order valence-electron chi connectivity index (χ2n) is 7.21. The molecule has 3 aromatic heterocycles. The number of halogens is 1. The first-order valence-electron chi connectivity index (χ1n) is 9.98. The molecule has 1 fully saturated rings. The molecule has 1 atom stereocenters. The summed E-state index contributed by atoms with van der Waals surface area (Å²) in [5.41, 5.74) is 2.99. The lowest BCUT2D eigenvalue weighted by atomic mass is 10.3. The van der Waals surface area contributed by atoms with Crippen molar-refractivity contribution >= 4 is 17.4 Å². The Morgan fingerprint density at radius 2 is 2.21 bits per heavy atom. The number of anilines is 1. The Hall–Kier alpha value is -3.16. The van der Waals surface area contributed by atoms with Crippen LogP contribution in [0.15, 0.2) is 47.7 Å². The van der Waals surface area contributed by atoms with Gasteiger partial charge in [0.2, 0.25) is 0 Å². The zero-order valence-corrected chi connectivity index (χ0v) is 16.8. The van der Waals surface area contributed by atoms with Gasteiger partial charge in [0.15, 0.2) is 17.6 Å². The molecule has 1 aliphatic heterocycles. The molecule has 4 rings (SSSR count). The summed E-state index contributed by atoms with van der Waals surface area (Å²) in [6.45, 7) is 6.80. The van der Waals surface area contributed by atoms with Crippen molar-refractivity contribution in [3.8, 4) is 0 Å². The van der Waals surface area contributed by atoms with Crippen molar-refractivity contribution in [1.29, 1.82) is 0 Å². The number of aromatic nitrogens is 3. The lowest BCUT2D eigenvalue weighted by Gasteiger charge is -2.19. The molecular formula is C21H26FN7. The molecule has 0 radical (unpaired) electrons. The summed E-state index contributed by atoms with van der Waals surface area (Å²) in [4.78, 5) is 15.5. The highest BCUT2D eigenvalue weighted by atomic mass is 19.1. The molecule has 29 heavy (non-hydrogen) atoms. The SMILES string of the molecule is CCNC(=NCc1cn2c(C)cccc2n1)NC1CCN(c2ncccc2F)C1. The van der Waals surface area contributed by atoms with Crippen LogP contribution in [0.2, 0.25) is 0 Å². The minimum atomic E-state index is -0.282. The van der Waals surface area contributed by atoms with Crippen LogP contribution in [0.3, 0.4) is 0 Å². The van der Waals surface area contributed by atoms with E-state index in [0.717, 1.165) is 42.5 Å². The van der Waals surface area contributed by atoms with Crippen LogP contribution in [0.5, 0.6) is 0 Å². The second-order valence-corrected chi connectivity index (χ2v) is 7.21. The zero-order chi connectivity index (χ0) is 20.2. The van der Waals surface area contributed by atoms with Crippen molar-refractivity contribution in [3.05, 3.63) is 59.9 Å². The van der Waals surface area contributed by atoms with E-state index in [1.165, 1.54) is 6.07 Å². The average molecular weight is 395 g/mol. The first-order valence-corrected chi connectivity index (χ1v) is 9.98. The van der Waals surface area contributed by atoms with Crippen LogP contribution in [-0.2, 0) is 6.54 Å². The van der Waals surface area contributed by atoms with Gasteiger partial charge < -0.3 is 19.9 Å². The number of aliphatic imine (C=N–C) groups is 1. The lowest BCUT2D eigenvalue weighted by Crippen LogP contribution is -2.44. The van der Waals surface area contributed by atoms with Crippen LogP contribution in [0, 0.1) is 12.7 Å². The molecule has 8 heteroatoms. The molecule has 1 saturated heterocycles.